The predicted molar refractivity (Wildman–Crippen MR) is 108 cm³/mol. The van der Waals surface area contributed by atoms with Crippen LogP contribution in [0.2, 0.25) is 0 Å². The number of carbonyl (C=O) groups is 1. The average Bonchev–Trinajstić information content (AvgIpc) is 3.52. The summed E-state index contributed by atoms with van der Waals surface area (Å²) in [4.78, 5) is 15.3. The number of benzene rings is 1. The molecule has 1 unspecified atom stereocenters. The molecule has 0 heterocycles. The van der Waals surface area contributed by atoms with Crippen molar-refractivity contribution in [3.8, 4) is 5.75 Å². The van der Waals surface area contributed by atoms with Gasteiger partial charge in [-0.05, 0) is 56.2 Å². The molecular formula is C21H32FN3O3. The van der Waals surface area contributed by atoms with Crippen molar-refractivity contribution in [1.29, 1.82) is 0 Å². The number of carbonyl (C=O) groups excluding carboxylic acids is 1. The zero-order valence-corrected chi connectivity index (χ0v) is 17.1. The second-order valence-electron chi connectivity index (χ2n) is 7.20. The van der Waals surface area contributed by atoms with Crippen molar-refractivity contribution < 1.29 is 18.7 Å². The molecule has 1 aliphatic rings. The van der Waals surface area contributed by atoms with Crippen LogP contribution in [0, 0.1) is 11.7 Å². The molecule has 6 nitrogen and oxygen atoms in total. The first-order valence-corrected chi connectivity index (χ1v) is 9.99. The zero-order chi connectivity index (χ0) is 20.4. The Balaban J connectivity index is 1.72. The summed E-state index contributed by atoms with van der Waals surface area (Å²) in [5.41, 5.74) is 0.831. The minimum Gasteiger partial charge on any atom is -0.490 e. The second-order valence-corrected chi connectivity index (χ2v) is 7.20. The Morgan fingerprint density at radius 3 is 2.75 bits per heavy atom. The maximum Gasteiger partial charge on any atom is 0.305 e. The highest BCUT2D eigenvalue weighted by Gasteiger charge is 2.22. The van der Waals surface area contributed by atoms with E-state index < -0.39 is 0 Å². The Morgan fingerprint density at radius 1 is 1.32 bits per heavy atom. The van der Waals surface area contributed by atoms with Crippen LogP contribution >= 0.6 is 0 Å². The highest BCUT2D eigenvalue weighted by Crippen LogP contribution is 2.30. The van der Waals surface area contributed by atoms with Crippen LogP contribution in [0.3, 0.4) is 0 Å². The number of halogens is 1. The monoisotopic (exact) mass is 393 g/mol. The molecule has 28 heavy (non-hydrogen) atoms. The molecule has 0 aromatic heterocycles. The van der Waals surface area contributed by atoms with Gasteiger partial charge >= 0.3 is 5.97 Å². The van der Waals surface area contributed by atoms with Crippen LogP contribution in [0.4, 0.5) is 4.39 Å². The maximum atomic E-state index is 14.3. The Morgan fingerprint density at radius 2 is 2.11 bits per heavy atom. The van der Waals surface area contributed by atoms with E-state index in [-0.39, 0.29) is 17.8 Å². The van der Waals surface area contributed by atoms with Crippen molar-refractivity contribution in [2.45, 2.75) is 51.5 Å². The summed E-state index contributed by atoms with van der Waals surface area (Å²) in [5.74, 6) is 1.07. The van der Waals surface area contributed by atoms with Gasteiger partial charge in [0.2, 0.25) is 0 Å². The summed E-state index contributed by atoms with van der Waals surface area (Å²) in [5, 5.41) is 6.51. The molecule has 1 aliphatic carbocycles. The summed E-state index contributed by atoms with van der Waals surface area (Å²) >= 11 is 0. The molecule has 1 atom stereocenters. The number of methoxy groups -OCH3 is 1. The standard InChI is InChI=1S/C21H32FN3O3/c1-15(17-10-11-19(18(22)13-17)28-14-16-8-9-16)25-21(23-2)24-12-6-4-5-7-20(26)27-3/h10-11,13,15-16H,4-9,12,14H2,1-3H3,(H2,23,24,25). The third kappa shape index (κ3) is 7.74. The minimum absolute atomic E-state index is 0.0995. The first kappa shape index (κ1) is 22.0. The van der Waals surface area contributed by atoms with E-state index in [1.54, 1.807) is 13.1 Å². The fourth-order valence-electron chi connectivity index (χ4n) is 2.76. The molecule has 1 saturated carbocycles. The number of ether oxygens (including phenoxy) is 2. The molecule has 0 bridgehead atoms. The van der Waals surface area contributed by atoms with Gasteiger partial charge in [-0.1, -0.05) is 12.5 Å². The first-order chi connectivity index (χ1) is 13.5. The van der Waals surface area contributed by atoms with E-state index in [0.29, 0.717) is 30.7 Å². The Labute approximate surface area is 166 Å². The molecular weight excluding hydrogens is 361 g/mol. The molecule has 156 valence electrons. The van der Waals surface area contributed by atoms with E-state index in [1.807, 2.05) is 13.0 Å². The lowest BCUT2D eigenvalue weighted by Gasteiger charge is -2.19. The Hall–Kier alpha value is -2.31. The van der Waals surface area contributed by atoms with Crippen molar-refractivity contribution in [3.05, 3.63) is 29.6 Å². The van der Waals surface area contributed by atoms with Gasteiger partial charge in [0.1, 0.15) is 0 Å². The van der Waals surface area contributed by atoms with Crippen molar-refractivity contribution >= 4 is 11.9 Å². The van der Waals surface area contributed by atoms with Gasteiger partial charge in [-0.2, -0.15) is 0 Å². The summed E-state index contributed by atoms with van der Waals surface area (Å²) in [7, 11) is 3.11. The summed E-state index contributed by atoms with van der Waals surface area (Å²) in [6.07, 6.45) is 5.48. The van der Waals surface area contributed by atoms with Crippen LogP contribution in [0.5, 0.6) is 5.75 Å². The molecule has 0 spiro atoms. The number of guanidine groups is 1. The number of esters is 1. The van der Waals surface area contributed by atoms with Crippen LogP contribution in [-0.2, 0) is 9.53 Å². The van der Waals surface area contributed by atoms with Crippen molar-refractivity contribution in [2.75, 3.05) is 27.3 Å². The topological polar surface area (TPSA) is 72.0 Å². The molecule has 7 heteroatoms. The molecule has 2 N–H and O–H groups in total. The van der Waals surface area contributed by atoms with Crippen molar-refractivity contribution in [3.63, 3.8) is 0 Å². The van der Waals surface area contributed by atoms with Gasteiger partial charge in [-0.25, -0.2) is 4.39 Å². The van der Waals surface area contributed by atoms with Crippen LogP contribution < -0.4 is 15.4 Å². The van der Waals surface area contributed by atoms with Gasteiger partial charge in [0.15, 0.2) is 17.5 Å². The van der Waals surface area contributed by atoms with E-state index in [1.165, 1.54) is 26.0 Å². The van der Waals surface area contributed by atoms with Gasteiger partial charge in [0, 0.05) is 20.0 Å². The molecule has 0 radical (unpaired) electrons. The SMILES string of the molecule is CN=C(NCCCCCC(=O)OC)NC(C)c1ccc(OCC2CC2)c(F)c1. The van der Waals surface area contributed by atoms with Gasteiger partial charge in [0.05, 0.1) is 19.8 Å². The lowest BCUT2D eigenvalue weighted by atomic mass is 10.1. The quantitative estimate of drug-likeness (QED) is 0.260. The zero-order valence-electron chi connectivity index (χ0n) is 17.1. The van der Waals surface area contributed by atoms with Crippen LogP contribution in [-0.4, -0.2) is 39.2 Å². The van der Waals surface area contributed by atoms with Crippen molar-refractivity contribution in [1.82, 2.24) is 10.6 Å². The fourth-order valence-corrected chi connectivity index (χ4v) is 2.76. The molecule has 0 saturated heterocycles. The van der Waals surface area contributed by atoms with Gasteiger partial charge in [-0.3, -0.25) is 9.79 Å². The van der Waals surface area contributed by atoms with Crippen molar-refractivity contribution in [2.24, 2.45) is 10.9 Å². The van der Waals surface area contributed by atoms with E-state index in [4.69, 9.17) is 4.74 Å². The number of rotatable bonds is 11. The second kappa shape index (κ2) is 11.5. The molecule has 1 aromatic carbocycles. The van der Waals surface area contributed by atoms with Gasteiger partial charge in [-0.15, -0.1) is 0 Å². The van der Waals surface area contributed by atoms with E-state index in [0.717, 1.165) is 31.4 Å². The average molecular weight is 394 g/mol. The Bertz CT molecular complexity index is 662. The summed E-state index contributed by atoms with van der Waals surface area (Å²) in [6, 6.07) is 4.99. The lowest BCUT2D eigenvalue weighted by Crippen LogP contribution is -2.39. The Kier molecular flexibility index (Phi) is 9.04. The first-order valence-electron chi connectivity index (χ1n) is 9.99. The minimum atomic E-state index is -0.333. The predicted octanol–water partition coefficient (Wildman–Crippen LogP) is 3.57. The normalized spacial score (nSPS) is 15.1. The van der Waals surface area contributed by atoms with Gasteiger partial charge < -0.3 is 20.1 Å². The summed E-state index contributed by atoms with van der Waals surface area (Å²) < 4.78 is 24.4. The third-order valence-corrected chi connectivity index (χ3v) is 4.78. The number of nitrogens with zero attached hydrogens (tertiary/aromatic N) is 1. The molecule has 0 aliphatic heterocycles. The number of hydrogen-bond acceptors (Lipinski definition) is 4. The number of unbranched alkanes of at least 4 members (excludes halogenated alkanes) is 2. The van der Waals surface area contributed by atoms with E-state index in [9.17, 15) is 9.18 Å². The van der Waals surface area contributed by atoms with Crippen LogP contribution in [0.15, 0.2) is 23.2 Å². The number of nitrogens with one attached hydrogen (secondary N) is 2. The van der Waals surface area contributed by atoms with Crippen LogP contribution in [0.25, 0.3) is 0 Å². The van der Waals surface area contributed by atoms with E-state index in [2.05, 4.69) is 20.4 Å². The number of aliphatic imine (C=N–C) groups is 1. The summed E-state index contributed by atoms with van der Waals surface area (Å²) in [6.45, 7) is 3.30. The molecule has 1 aromatic rings. The largest absolute Gasteiger partial charge is 0.490 e. The lowest BCUT2D eigenvalue weighted by molar-refractivity contribution is -0.140. The number of hydrogen-bond donors (Lipinski definition) is 2. The highest BCUT2D eigenvalue weighted by molar-refractivity contribution is 5.80. The molecule has 2 rings (SSSR count). The molecule has 1 fully saturated rings. The highest BCUT2D eigenvalue weighted by atomic mass is 19.1. The van der Waals surface area contributed by atoms with Crippen LogP contribution in [0.1, 0.15) is 57.1 Å². The molecule has 0 amide bonds. The smallest absolute Gasteiger partial charge is 0.305 e. The fraction of sp³-hybridized carbons (Fsp3) is 0.619. The maximum absolute atomic E-state index is 14.3. The third-order valence-electron chi connectivity index (χ3n) is 4.78. The van der Waals surface area contributed by atoms with E-state index >= 15 is 0 Å². The van der Waals surface area contributed by atoms with Gasteiger partial charge in [0.25, 0.3) is 0 Å².